The van der Waals surface area contributed by atoms with Crippen molar-refractivity contribution in [2.75, 3.05) is 13.1 Å². The molecule has 3 aromatic rings. The molecular weight excluding hydrogens is 418 g/mol. The average molecular weight is 448 g/mol. The molecule has 2 aliphatic carbocycles. The van der Waals surface area contributed by atoms with E-state index in [-0.39, 0.29) is 12.0 Å². The van der Waals surface area contributed by atoms with Crippen molar-refractivity contribution in [1.82, 2.24) is 15.0 Å². The zero-order valence-corrected chi connectivity index (χ0v) is 18.7. The van der Waals surface area contributed by atoms with Gasteiger partial charge in [-0.2, -0.15) is 4.98 Å². The second-order valence-corrected chi connectivity index (χ2v) is 9.77. The molecule has 3 heterocycles. The number of benzene rings is 1. The van der Waals surface area contributed by atoms with Crippen LogP contribution in [0.4, 0.5) is 0 Å². The molecule has 1 saturated carbocycles. The molecular formula is C26H29N3O4. The van der Waals surface area contributed by atoms with E-state index in [1.165, 1.54) is 37.7 Å². The lowest BCUT2D eigenvalue weighted by Crippen LogP contribution is -2.52. The van der Waals surface area contributed by atoms with Gasteiger partial charge in [-0.05, 0) is 43.2 Å². The number of aromatic nitrogens is 2. The van der Waals surface area contributed by atoms with Crippen molar-refractivity contribution in [1.29, 1.82) is 0 Å². The number of likely N-dealkylation sites (tertiary alicyclic amines) is 1. The molecule has 1 atom stereocenters. The minimum atomic E-state index is -0.708. The van der Waals surface area contributed by atoms with Crippen LogP contribution in [0.25, 0.3) is 23.0 Å². The highest BCUT2D eigenvalue weighted by Gasteiger charge is 2.40. The Bertz CT molecular complexity index is 1140. The van der Waals surface area contributed by atoms with Gasteiger partial charge in [0.1, 0.15) is 5.76 Å². The summed E-state index contributed by atoms with van der Waals surface area (Å²) in [6.45, 7) is 1.20. The molecule has 172 valence electrons. The van der Waals surface area contributed by atoms with Crippen LogP contribution in [-0.2, 0) is 11.2 Å². The van der Waals surface area contributed by atoms with Gasteiger partial charge in [0.15, 0.2) is 5.76 Å². The summed E-state index contributed by atoms with van der Waals surface area (Å²) in [6.07, 6.45) is 9.50. The van der Waals surface area contributed by atoms with E-state index in [0.717, 1.165) is 36.1 Å². The van der Waals surface area contributed by atoms with Crippen molar-refractivity contribution in [3.8, 4) is 23.0 Å². The highest BCUT2D eigenvalue weighted by atomic mass is 16.5. The van der Waals surface area contributed by atoms with E-state index in [4.69, 9.17) is 8.94 Å². The fourth-order valence-electron chi connectivity index (χ4n) is 5.72. The largest absolute Gasteiger partial charge is 0.481 e. The maximum absolute atomic E-state index is 11.2. The standard InChI is InChI=1S/C26H29N3O4/c30-26(31)19-14-29(15-19)21-7-4-8-22-20(21)13-23(32-22)25-27-24(28-33-25)18-11-9-17(10-12-18)16-5-2-1-3-6-16/h9-13,16,19,21H,1-8,14-15H2,(H,30,31). The van der Waals surface area contributed by atoms with Crippen molar-refractivity contribution in [2.45, 2.75) is 63.3 Å². The Morgan fingerprint density at radius 2 is 1.82 bits per heavy atom. The smallest absolute Gasteiger partial charge is 0.309 e. The number of nitrogens with zero attached hydrogens (tertiary/aromatic N) is 3. The lowest BCUT2D eigenvalue weighted by molar-refractivity contribution is -0.149. The van der Waals surface area contributed by atoms with E-state index >= 15 is 0 Å². The Morgan fingerprint density at radius 3 is 2.58 bits per heavy atom. The molecule has 0 spiro atoms. The monoisotopic (exact) mass is 447 g/mol. The lowest BCUT2D eigenvalue weighted by atomic mass is 9.84. The molecule has 1 unspecified atom stereocenters. The molecule has 0 amide bonds. The van der Waals surface area contributed by atoms with Crippen LogP contribution < -0.4 is 0 Å². The molecule has 3 aliphatic rings. The normalized spacial score (nSPS) is 22.1. The first kappa shape index (κ1) is 20.7. The van der Waals surface area contributed by atoms with Crippen LogP contribution in [0.1, 0.15) is 73.8 Å². The first-order valence-corrected chi connectivity index (χ1v) is 12.2. The van der Waals surface area contributed by atoms with Crippen molar-refractivity contribution in [2.24, 2.45) is 5.92 Å². The van der Waals surface area contributed by atoms with Crippen LogP contribution >= 0.6 is 0 Å². The third kappa shape index (κ3) is 3.88. The number of aryl methyl sites for hydroxylation is 1. The van der Waals surface area contributed by atoms with Gasteiger partial charge in [0.25, 0.3) is 5.89 Å². The Balaban J connectivity index is 1.19. The first-order chi connectivity index (χ1) is 16.2. The predicted octanol–water partition coefficient (Wildman–Crippen LogP) is 5.44. The molecule has 1 aromatic carbocycles. The van der Waals surface area contributed by atoms with E-state index in [1.54, 1.807) is 0 Å². The first-order valence-electron chi connectivity index (χ1n) is 12.2. The molecule has 33 heavy (non-hydrogen) atoms. The van der Waals surface area contributed by atoms with E-state index in [2.05, 4.69) is 39.3 Å². The highest BCUT2D eigenvalue weighted by Crippen LogP contribution is 2.41. The molecule has 2 fully saturated rings. The van der Waals surface area contributed by atoms with Crippen LogP contribution in [0.3, 0.4) is 0 Å². The predicted molar refractivity (Wildman–Crippen MR) is 122 cm³/mol. The van der Waals surface area contributed by atoms with E-state index < -0.39 is 5.97 Å². The van der Waals surface area contributed by atoms with Crippen LogP contribution in [0, 0.1) is 5.92 Å². The second-order valence-electron chi connectivity index (χ2n) is 9.77. The Hall–Kier alpha value is -2.93. The number of rotatable bonds is 5. The van der Waals surface area contributed by atoms with Gasteiger partial charge in [-0.1, -0.05) is 48.7 Å². The van der Waals surface area contributed by atoms with Crippen molar-refractivity contribution in [3.63, 3.8) is 0 Å². The number of carbonyl (C=O) groups is 1. The molecule has 7 nitrogen and oxygen atoms in total. The zero-order valence-electron chi connectivity index (χ0n) is 18.7. The van der Waals surface area contributed by atoms with Gasteiger partial charge >= 0.3 is 5.97 Å². The molecule has 6 rings (SSSR count). The summed E-state index contributed by atoms with van der Waals surface area (Å²) >= 11 is 0. The van der Waals surface area contributed by atoms with Gasteiger partial charge in [0, 0.05) is 36.7 Å². The zero-order chi connectivity index (χ0) is 22.4. The summed E-state index contributed by atoms with van der Waals surface area (Å²) in [5.41, 5.74) is 3.48. The van der Waals surface area contributed by atoms with Gasteiger partial charge in [0.2, 0.25) is 5.82 Å². The van der Waals surface area contributed by atoms with Crippen LogP contribution in [0.5, 0.6) is 0 Å². The fourth-order valence-corrected chi connectivity index (χ4v) is 5.72. The highest BCUT2D eigenvalue weighted by molar-refractivity contribution is 5.71. The number of fused-ring (bicyclic) bond motifs is 1. The summed E-state index contributed by atoms with van der Waals surface area (Å²) in [6, 6.07) is 10.8. The molecule has 1 aliphatic heterocycles. The lowest BCUT2D eigenvalue weighted by Gasteiger charge is -2.43. The van der Waals surface area contributed by atoms with Crippen molar-refractivity contribution >= 4 is 5.97 Å². The molecule has 0 radical (unpaired) electrons. The topological polar surface area (TPSA) is 92.6 Å². The second kappa shape index (κ2) is 8.45. The SMILES string of the molecule is O=C(O)C1CN(C2CCCc3oc(-c4nc(-c5ccc(C6CCCCC6)cc5)no4)cc32)C1. The van der Waals surface area contributed by atoms with Gasteiger partial charge in [-0.3, -0.25) is 9.69 Å². The van der Waals surface area contributed by atoms with Crippen LogP contribution in [0.15, 0.2) is 39.3 Å². The minimum absolute atomic E-state index is 0.205. The van der Waals surface area contributed by atoms with Gasteiger partial charge in [-0.15, -0.1) is 0 Å². The summed E-state index contributed by atoms with van der Waals surface area (Å²) in [4.78, 5) is 18.0. The molecule has 0 bridgehead atoms. The summed E-state index contributed by atoms with van der Waals surface area (Å²) in [5, 5.41) is 13.4. The van der Waals surface area contributed by atoms with Gasteiger partial charge in [0.05, 0.1) is 5.92 Å². The summed E-state index contributed by atoms with van der Waals surface area (Å²) in [5.74, 6) is 2.22. The molecule has 1 saturated heterocycles. The maximum atomic E-state index is 11.2. The number of aliphatic carboxylic acids is 1. The van der Waals surface area contributed by atoms with Gasteiger partial charge in [-0.25, -0.2) is 0 Å². The Kier molecular flexibility index (Phi) is 5.29. The Labute approximate surface area is 192 Å². The Morgan fingerprint density at radius 1 is 1.03 bits per heavy atom. The molecule has 2 aromatic heterocycles. The van der Waals surface area contributed by atoms with E-state index in [1.807, 2.05) is 6.07 Å². The van der Waals surface area contributed by atoms with E-state index in [9.17, 15) is 9.90 Å². The van der Waals surface area contributed by atoms with Gasteiger partial charge < -0.3 is 14.0 Å². The number of carboxylic acids is 1. The minimum Gasteiger partial charge on any atom is -0.481 e. The number of carboxylic acid groups (broad SMARTS) is 1. The number of hydrogen-bond donors (Lipinski definition) is 1. The molecule has 1 N–H and O–H groups in total. The third-order valence-corrected chi connectivity index (χ3v) is 7.66. The average Bonchev–Trinajstić information content (AvgIpc) is 3.46. The quantitative estimate of drug-likeness (QED) is 0.557. The van der Waals surface area contributed by atoms with Crippen LogP contribution in [-0.4, -0.2) is 39.2 Å². The van der Waals surface area contributed by atoms with Crippen molar-refractivity contribution in [3.05, 3.63) is 47.2 Å². The fraction of sp³-hybridized carbons (Fsp3) is 0.500. The number of hydrogen-bond acceptors (Lipinski definition) is 6. The van der Waals surface area contributed by atoms with Crippen molar-refractivity contribution < 1.29 is 18.8 Å². The third-order valence-electron chi connectivity index (χ3n) is 7.66. The van der Waals surface area contributed by atoms with E-state index in [0.29, 0.717) is 36.5 Å². The van der Waals surface area contributed by atoms with Crippen LogP contribution in [0.2, 0.25) is 0 Å². The maximum Gasteiger partial charge on any atom is 0.309 e. The summed E-state index contributed by atoms with van der Waals surface area (Å²) in [7, 11) is 0. The molecule has 7 heteroatoms. The summed E-state index contributed by atoms with van der Waals surface area (Å²) < 4.78 is 11.7. The number of furan rings is 1.